The molecule has 1 aromatic heterocycles. The standard InChI is InChI=1S/C30H21F4N3O3/c1-39-26-11-5-7-21(27(26)40-18-19-12-14-23(31)15-13-19)17-35-37-28(20-6-4-8-22(16-20)30(32,33)34)36-25-10-3-2-9-24(25)29(37)38/h2-17H,18H2,1H3. The number of benzene rings is 4. The Hall–Kier alpha value is -4.99. The first-order valence-corrected chi connectivity index (χ1v) is 12.0. The summed E-state index contributed by atoms with van der Waals surface area (Å²) in [7, 11) is 1.46. The van der Waals surface area contributed by atoms with Crippen LogP contribution in [0.2, 0.25) is 0 Å². The molecule has 0 radical (unpaired) electrons. The molecule has 0 N–H and O–H groups in total. The first-order chi connectivity index (χ1) is 19.2. The molecule has 0 spiro atoms. The van der Waals surface area contributed by atoms with Crippen LogP contribution in [0.1, 0.15) is 16.7 Å². The summed E-state index contributed by atoms with van der Waals surface area (Å²) in [4.78, 5) is 17.9. The van der Waals surface area contributed by atoms with E-state index < -0.39 is 17.3 Å². The van der Waals surface area contributed by atoms with Gasteiger partial charge in [0.05, 0.1) is 29.8 Å². The predicted octanol–water partition coefficient (Wildman–Crippen LogP) is 6.69. The predicted molar refractivity (Wildman–Crippen MR) is 143 cm³/mol. The summed E-state index contributed by atoms with van der Waals surface area (Å²) in [6.07, 6.45) is -3.24. The van der Waals surface area contributed by atoms with Gasteiger partial charge < -0.3 is 9.47 Å². The fourth-order valence-corrected chi connectivity index (χ4v) is 4.06. The SMILES string of the molecule is COc1cccc(C=Nn2c(-c3cccc(C(F)(F)F)c3)nc3ccccc3c2=O)c1OCc1ccc(F)cc1. The van der Waals surface area contributed by atoms with Crippen LogP contribution in [0.15, 0.2) is 101 Å². The topological polar surface area (TPSA) is 65.7 Å². The van der Waals surface area contributed by atoms with E-state index in [1.165, 1.54) is 37.6 Å². The zero-order valence-electron chi connectivity index (χ0n) is 21.0. The van der Waals surface area contributed by atoms with Gasteiger partial charge in [0.25, 0.3) is 5.56 Å². The highest BCUT2D eigenvalue weighted by molar-refractivity contribution is 5.86. The van der Waals surface area contributed by atoms with Gasteiger partial charge in [-0.2, -0.15) is 22.9 Å². The highest BCUT2D eigenvalue weighted by atomic mass is 19.4. The van der Waals surface area contributed by atoms with Crippen LogP contribution < -0.4 is 15.0 Å². The van der Waals surface area contributed by atoms with E-state index in [-0.39, 0.29) is 29.2 Å². The van der Waals surface area contributed by atoms with Crippen LogP contribution in [0, 0.1) is 5.82 Å². The number of methoxy groups -OCH3 is 1. The van der Waals surface area contributed by atoms with Crippen LogP contribution in [-0.2, 0) is 12.8 Å². The Bertz CT molecular complexity index is 1760. The lowest BCUT2D eigenvalue weighted by atomic mass is 10.1. The second kappa shape index (κ2) is 11.0. The highest BCUT2D eigenvalue weighted by Crippen LogP contribution is 2.33. The van der Waals surface area contributed by atoms with Crippen LogP contribution in [0.4, 0.5) is 17.6 Å². The molecule has 0 saturated carbocycles. The Balaban J connectivity index is 1.61. The molecular formula is C30H21F4N3O3. The molecule has 0 atom stereocenters. The van der Waals surface area contributed by atoms with Crippen molar-refractivity contribution in [2.45, 2.75) is 12.8 Å². The van der Waals surface area contributed by atoms with Crippen LogP contribution in [0.25, 0.3) is 22.3 Å². The number of rotatable bonds is 7. The van der Waals surface area contributed by atoms with Gasteiger partial charge in [-0.1, -0.05) is 42.5 Å². The summed E-state index contributed by atoms with van der Waals surface area (Å²) in [6.45, 7) is 0.0917. The number of hydrogen-bond acceptors (Lipinski definition) is 5. The molecule has 0 aliphatic carbocycles. The molecule has 0 unspecified atom stereocenters. The minimum Gasteiger partial charge on any atom is -0.493 e. The fraction of sp³-hybridized carbons (Fsp3) is 0.100. The molecule has 40 heavy (non-hydrogen) atoms. The third kappa shape index (κ3) is 5.56. The van der Waals surface area contributed by atoms with Crippen molar-refractivity contribution in [3.63, 3.8) is 0 Å². The Kier molecular flexibility index (Phi) is 7.33. The number of halogens is 4. The lowest BCUT2D eigenvalue weighted by molar-refractivity contribution is -0.137. The third-order valence-corrected chi connectivity index (χ3v) is 6.04. The van der Waals surface area contributed by atoms with Crippen molar-refractivity contribution < 1.29 is 27.0 Å². The molecule has 4 aromatic carbocycles. The molecule has 202 valence electrons. The highest BCUT2D eigenvalue weighted by Gasteiger charge is 2.31. The van der Waals surface area contributed by atoms with Gasteiger partial charge in [-0.05, 0) is 54.1 Å². The lowest BCUT2D eigenvalue weighted by Crippen LogP contribution is -2.20. The van der Waals surface area contributed by atoms with Gasteiger partial charge >= 0.3 is 6.18 Å². The summed E-state index contributed by atoms with van der Waals surface area (Å²) in [5.74, 6) is 0.247. The summed E-state index contributed by atoms with van der Waals surface area (Å²) < 4.78 is 66.0. The molecule has 0 fully saturated rings. The van der Waals surface area contributed by atoms with Gasteiger partial charge in [0.2, 0.25) is 0 Å². The molecule has 0 aliphatic heterocycles. The lowest BCUT2D eigenvalue weighted by Gasteiger charge is -2.14. The summed E-state index contributed by atoms with van der Waals surface area (Å²) >= 11 is 0. The molecule has 6 nitrogen and oxygen atoms in total. The third-order valence-electron chi connectivity index (χ3n) is 6.04. The molecule has 1 heterocycles. The van der Waals surface area contributed by atoms with Crippen LogP contribution in [-0.4, -0.2) is 23.0 Å². The Morgan fingerprint density at radius 1 is 0.950 bits per heavy atom. The van der Waals surface area contributed by atoms with Gasteiger partial charge in [0.15, 0.2) is 17.3 Å². The molecular weight excluding hydrogens is 526 g/mol. The van der Waals surface area contributed by atoms with Crippen LogP contribution in [0.3, 0.4) is 0 Å². The van der Waals surface area contributed by atoms with Gasteiger partial charge in [0, 0.05) is 11.1 Å². The van der Waals surface area contributed by atoms with E-state index in [0.717, 1.165) is 16.8 Å². The molecule has 5 rings (SSSR count). The van der Waals surface area contributed by atoms with E-state index in [1.54, 1.807) is 54.6 Å². The minimum absolute atomic E-state index is 0.0632. The second-order valence-corrected chi connectivity index (χ2v) is 8.69. The average Bonchev–Trinajstić information content (AvgIpc) is 2.96. The first kappa shape index (κ1) is 26.6. The number of alkyl halides is 3. The number of nitrogens with zero attached hydrogens (tertiary/aromatic N) is 3. The normalized spacial score (nSPS) is 11.7. The Morgan fingerprint density at radius 3 is 2.45 bits per heavy atom. The number of para-hydroxylation sites is 2. The maximum Gasteiger partial charge on any atom is 0.416 e. The number of fused-ring (bicyclic) bond motifs is 1. The van der Waals surface area contributed by atoms with E-state index in [9.17, 15) is 22.4 Å². The van der Waals surface area contributed by atoms with Gasteiger partial charge in [-0.3, -0.25) is 4.79 Å². The van der Waals surface area contributed by atoms with Crippen LogP contribution in [0.5, 0.6) is 11.5 Å². The molecule has 0 bridgehead atoms. The van der Waals surface area contributed by atoms with Crippen LogP contribution >= 0.6 is 0 Å². The summed E-state index contributed by atoms with van der Waals surface area (Å²) in [5, 5.41) is 4.59. The first-order valence-electron chi connectivity index (χ1n) is 12.0. The number of hydrogen-bond donors (Lipinski definition) is 0. The number of ether oxygens (including phenoxy) is 2. The van der Waals surface area contributed by atoms with Gasteiger partial charge in [-0.25, -0.2) is 9.37 Å². The zero-order valence-corrected chi connectivity index (χ0v) is 21.0. The molecule has 0 aliphatic rings. The van der Waals surface area contributed by atoms with Crippen molar-refractivity contribution >= 4 is 17.1 Å². The second-order valence-electron chi connectivity index (χ2n) is 8.69. The largest absolute Gasteiger partial charge is 0.493 e. The zero-order chi connectivity index (χ0) is 28.3. The fourth-order valence-electron chi connectivity index (χ4n) is 4.06. The van der Waals surface area contributed by atoms with Crippen molar-refractivity contribution in [3.8, 4) is 22.9 Å². The smallest absolute Gasteiger partial charge is 0.416 e. The molecule has 10 heteroatoms. The minimum atomic E-state index is -4.58. The number of aromatic nitrogens is 2. The van der Waals surface area contributed by atoms with Gasteiger partial charge in [-0.15, -0.1) is 0 Å². The summed E-state index contributed by atoms with van der Waals surface area (Å²) in [6, 6.07) is 21.9. The molecule has 0 saturated heterocycles. The van der Waals surface area contributed by atoms with Crippen molar-refractivity contribution in [1.29, 1.82) is 0 Å². The summed E-state index contributed by atoms with van der Waals surface area (Å²) in [5.41, 5.74) is 0.0657. The quantitative estimate of drug-likeness (QED) is 0.168. The Morgan fingerprint density at radius 2 is 1.70 bits per heavy atom. The van der Waals surface area contributed by atoms with Crippen molar-refractivity contribution in [2.24, 2.45) is 5.10 Å². The average molecular weight is 548 g/mol. The van der Waals surface area contributed by atoms with E-state index in [4.69, 9.17) is 9.47 Å². The monoisotopic (exact) mass is 547 g/mol. The van der Waals surface area contributed by atoms with Crippen molar-refractivity contribution in [3.05, 3.63) is 124 Å². The van der Waals surface area contributed by atoms with Gasteiger partial charge in [0.1, 0.15) is 12.4 Å². The molecule has 0 amide bonds. The van der Waals surface area contributed by atoms with E-state index in [2.05, 4.69) is 10.1 Å². The van der Waals surface area contributed by atoms with E-state index >= 15 is 0 Å². The molecule has 5 aromatic rings. The van der Waals surface area contributed by atoms with Crippen molar-refractivity contribution in [1.82, 2.24) is 9.66 Å². The maximum atomic E-state index is 13.5. The van der Waals surface area contributed by atoms with E-state index in [0.29, 0.717) is 28.1 Å². The Labute approximate surface area is 225 Å². The van der Waals surface area contributed by atoms with Crippen molar-refractivity contribution in [2.75, 3.05) is 7.11 Å². The van der Waals surface area contributed by atoms with E-state index in [1.807, 2.05) is 0 Å². The maximum absolute atomic E-state index is 13.5.